The third-order valence-corrected chi connectivity index (χ3v) is 7.58. The number of carbonyl (C=O) groups is 3. The molecular formula is C28H33N5O6S. The van der Waals surface area contributed by atoms with E-state index >= 15 is 0 Å². The van der Waals surface area contributed by atoms with Crippen LogP contribution in [-0.4, -0.2) is 49.0 Å². The molecule has 3 aromatic rings. The average molecular weight is 568 g/mol. The van der Waals surface area contributed by atoms with E-state index in [1.54, 1.807) is 42.5 Å². The molecule has 1 aliphatic carbocycles. The smallest absolute Gasteiger partial charge is 0.273 e. The van der Waals surface area contributed by atoms with Gasteiger partial charge in [0.15, 0.2) is 17.2 Å². The first-order valence-corrected chi connectivity index (χ1v) is 13.7. The largest absolute Gasteiger partial charge is 0.494 e. The maximum atomic E-state index is 14.2. The van der Waals surface area contributed by atoms with Crippen molar-refractivity contribution in [2.45, 2.75) is 44.7 Å². The first-order chi connectivity index (χ1) is 19.3. The highest BCUT2D eigenvalue weighted by atomic mass is 32.1. The molecule has 1 fully saturated rings. The highest BCUT2D eigenvalue weighted by Crippen LogP contribution is 2.37. The second-order valence-corrected chi connectivity index (χ2v) is 10.0. The summed E-state index contributed by atoms with van der Waals surface area (Å²) in [6.07, 6.45) is 3.73. The monoisotopic (exact) mass is 567 g/mol. The van der Waals surface area contributed by atoms with Gasteiger partial charge in [0.1, 0.15) is 16.7 Å². The summed E-state index contributed by atoms with van der Waals surface area (Å²) < 4.78 is 20.5. The molecular weight excluding hydrogens is 534 g/mol. The van der Waals surface area contributed by atoms with E-state index in [0.717, 1.165) is 37.2 Å². The summed E-state index contributed by atoms with van der Waals surface area (Å²) in [4.78, 5) is 41.5. The van der Waals surface area contributed by atoms with Crippen LogP contribution in [0.1, 0.15) is 64.4 Å². The Bertz CT molecular complexity index is 1370. The van der Waals surface area contributed by atoms with Gasteiger partial charge in [-0.2, -0.15) is 4.37 Å². The number of methoxy groups -OCH3 is 2. The summed E-state index contributed by atoms with van der Waals surface area (Å²) in [5.74, 6) is -0.377. The van der Waals surface area contributed by atoms with E-state index in [0.29, 0.717) is 35.1 Å². The van der Waals surface area contributed by atoms with Gasteiger partial charge in [-0.25, -0.2) is 0 Å². The molecule has 0 bridgehead atoms. The van der Waals surface area contributed by atoms with Gasteiger partial charge in [0.25, 0.3) is 11.8 Å². The van der Waals surface area contributed by atoms with Crippen molar-refractivity contribution in [1.82, 2.24) is 9.69 Å². The number of benzene rings is 2. The number of rotatable bonds is 11. The number of amides is 3. The van der Waals surface area contributed by atoms with Crippen molar-refractivity contribution in [1.29, 1.82) is 0 Å². The Morgan fingerprint density at radius 1 is 1.07 bits per heavy atom. The molecule has 5 N–H and O–H groups in total. The number of nitrogens with one attached hydrogen (secondary N) is 1. The van der Waals surface area contributed by atoms with Gasteiger partial charge in [0, 0.05) is 11.7 Å². The number of hydrogen-bond donors (Lipinski definition) is 3. The van der Waals surface area contributed by atoms with Crippen LogP contribution in [0.25, 0.3) is 0 Å². The number of hydrogen-bond acceptors (Lipinski definition) is 9. The Morgan fingerprint density at radius 3 is 2.33 bits per heavy atom. The van der Waals surface area contributed by atoms with E-state index in [4.69, 9.17) is 25.7 Å². The zero-order valence-electron chi connectivity index (χ0n) is 22.6. The zero-order valence-corrected chi connectivity index (χ0v) is 23.5. The number of aromatic nitrogens is 1. The van der Waals surface area contributed by atoms with Gasteiger partial charge in [0.2, 0.25) is 5.91 Å². The molecule has 1 aliphatic rings. The van der Waals surface area contributed by atoms with Crippen LogP contribution >= 0.6 is 11.5 Å². The molecule has 4 rings (SSSR count). The number of carbonyl (C=O) groups excluding carboxylic acids is 3. The second kappa shape index (κ2) is 12.7. The van der Waals surface area contributed by atoms with Gasteiger partial charge in [0.05, 0.1) is 26.5 Å². The molecule has 3 amide bonds. The van der Waals surface area contributed by atoms with Crippen molar-refractivity contribution in [3.05, 3.63) is 58.6 Å². The fourth-order valence-corrected chi connectivity index (χ4v) is 5.52. The maximum Gasteiger partial charge on any atom is 0.273 e. The molecule has 0 radical (unpaired) electrons. The first kappa shape index (κ1) is 28.7. The topological polar surface area (TPSA) is 159 Å². The summed E-state index contributed by atoms with van der Waals surface area (Å²) in [6, 6.07) is 10.7. The van der Waals surface area contributed by atoms with E-state index in [2.05, 4.69) is 9.69 Å². The lowest BCUT2D eigenvalue weighted by molar-refractivity contribution is -0.123. The Hall–Kier alpha value is -4.32. The summed E-state index contributed by atoms with van der Waals surface area (Å²) in [5, 5.41) is 3.12. The quantitative estimate of drug-likeness (QED) is 0.316. The maximum absolute atomic E-state index is 14.2. The SMILES string of the molecule is CCOc1ccc(N(C(=O)c2snc(C(N)=O)c2N)[C@H](C(=O)NC2CCCC2)c2ccc(OC)c(OC)c2)cc1. The molecule has 12 heteroatoms. The van der Waals surface area contributed by atoms with Crippen molar-refractivity contribution in [2.75, 3.05) is 31.5 Å². The molecule has 0 aliphatic heterocycles. The fraction of sp³-hybridized carbons (Fsp3) is 0.357. The van der Waals surface area contributed by atoms with Crippen LogP contribution in [0.3, 0.4) is 0 Å². The summed E-state index contributed by atoms with van der Waals surface area (Å²) >= 11 is 0.750. The van der Waals surface area contributed by atoms with Crippen molar-refractivity contribution in [3.8, 4) is 17.2 Å². The lowest BCUT2D eigenvalue weighted by Crippen LogP contribution is -2.46. The third kappa shape index (κ3) is 5.96. The predicted molar refractivity (Wildman–Crippen MR) is 152 cm³/mol. The molecule has 2 aromatic carbocycles. The van der Waals surface area contributed by atoms with Crippen molar-refractivity contribution in [3.63, 3.8) is 0 Å². The lowest BCUT2D eigenvalue weighted by atomic mass is 10.0. The van der Waals surface area contributed by atoms with Crippen LogP contribution in [-0.2, 0) is 4.79 Å². The normalized spacial score (nSPS) is 13.9. The molecule has 0 saturated heterocycles. The minimum absolute atomic E-state index is 0.0117. The lowest BCUT2D eigenvalue weighted by Gasteiger charge is -2.32. The predicted octanol–water partition coefficient (Wildman–Crippen LogP) is 3.69. The summed E-state index contributed by atoms with van der Waals surface area (Å²) in [6.45, 7) is 2.33. The number of nitrogens with zero attached hydrogens (tertiary/aromatic N) is 2. The van der Waals surface area contributed by atoms with Crippen LogP contribution in [0.5, 0.6) is 17.2 Å². The molecule has 0 spiro atoms. The molecule has 11 nitrogen and oxygen atoms in total. The van der Waals surface area contributed by atoms with Crippen LogP contribution in [0, 0.1) is 0 Å². The standard InChI is InChI=1S/C28H33N5O6S/c1-4-39-19-12-10-18(11-13-19)33(28(36)25-22(29)23(26(30)34)32-40-25)24(27(35)31-17-7-5-6-8-17)16-9-14-20(37-2)21(15-16)38-3/h9-15,17,24H,4-8,29H2,1-3H3,(H2,30,34)(H,31,35)/t24-/m0/s1. The Morgan fingerprint density at radius 2 is 1.75 bits per heavy atom. The summed E-state index contributed by atoms with van der Waals surface area (Å²) in [5.41, 5.74) is 12.1. The van der Waals surface area contributed by atoms with Gasteiger partial charge >= 0.3 is 0 Å². The summed E-state index contributed by atoms with van der Waals surface area (Å²) in [7, 11) is 3.01. The second-order valence-electron chi connectivity index (χ2n) is 9.25. The molecule has 1 saturated carbocycles. The van der Waals surface area contributed by atoms with Crippen molar-refractivity contribution < 1.29 is 28.6 Å². The minimum atomic E-state index is -1.13. The van der Waals surface area contributed by atoms with Gasteiger partial charge in [-0.1, -0.05) is 18.9 Å². The molecule has 0 unspecified atom stereocenters. The highest BCUT2D eigenvalue weighted by molar-refractivity contribution is 7.09. The molecule has 40 heavy (non-hydrogen) atoms. The Kier molecular flexibility index (Phi) is 9.10. The first-order valence-electron chi connectivity index (χ1n) is 12.9. The van der Waals surface area contributed by atoms with Gasteiger partial charge < -0.3 is 31.0 Å². The zero-order chi connectivity index (χ0) is 28.8. The number of nitrogens with two attached hydrogens (primary N) is 2. The number of ether oxygens (including phenoxy) is 3. The number of nitrogen functional groups attached to an aromatic ring is 1. The average Bonchev–Trinajstić information content (AvgIpc) is 3.61. The van der Waals surface area contributed by atoms with E-state index in [1.165, 1.54) is 19.1 Å². The minimum Gasteiger partial charge on any atom is -0.494 e. The molecule has 1 heterocycles. The highest BCUT2D eigenvalue weighted by Gasteiger charge is 2.37. The van der Waals surface area contributed by atoms with Gasteiger partial charge in [-0.05, 0) is 73.3 Å². The van der Waals surface area contributed by atoms with Crippen LogP contribution in [0.2, 0.25) is 0 Å². The molecule has 1 aromatic heterocycles. The third-order valence-electron chi connectivity index (χ3n) is 6.73. The van der Waals surface area contributed by atoms with Crippen LogP contribution < -0.4 is 35.9 Å². The van der Waals surface area contributed by atoms with E-state index in [9.17, 15) is 14.4 Å². The van der Waals surface area contributed by atoms with Gasteiger partial charge in [-0.3, -0.25) is 19.3 Å². The van der Waals surface area contributed by atoms with E-state index in [1.807, 2.05) is 6.92 Å². The van der Waals surface area contributed by atoms with E-state index in [-0.39, 0.29) is 28.2 Å². The number of primary amides is 1. The fourth-order valence-electron chi connectivity index (χ4n) is 4.78. The van der Waals surface area contributed by atoms with Crippen molar-refractivity contribution >= 4 is 40.6 Å². The van der Waals surface area contributed by atoms with E-state index < -0.39 is 17.9 Å². The van der Waals surface area contributed by atoms with Crippen LogP contribution in [0.15, 0.2) is 42.5 Å². The van der Waals surface area contributed by atoms with Gasteiger partial charge in [-0.15, -0.1) is 0 Å². The molecule has 212 valence electrons. The van der Waals surface area contributed by atoms with Crippen LogP contribution in [0.4, 0.5) is 11.4 Å². The Labute approximate surface area is 236 Å². The molecule has 1 atom stereocenters. The van der Waals surface area contributed by atoms with Crippen molar-refractivity contribution in [2.24, 2.45) is 5.73 Å². The number of anilines is 2. The Balaban J connectivity index is 1.88.